The molecule has 0 saturated heterocycles. The van der Waals surface area contributed by atoms with Crippen LogP contribution in [0.5, 0.6) is 0 Å². The normalized spacial score (nSPS) is 11.1. The average molecular weight is 252 g/mol. The number of para-hydroxylation sites is 1. The lowest BCUT2D eigenvalue weighted by Crippen LogP contribution is -2.24. The predicted octanol–water partition coefficient (Wildman–Crippen LogP) is 1.81. The van der Waals surface area contributed by atoms with Crippen LogP contribution in [0.25, 0.3) is 5.69 Å². The van der Waals surface area contributed by atoms with Gasteiger partial charge in [-0.3, -0.25) is 0 Å². The molecule has 0 aliphatic heterocycles. The van der Waals surface area contributed by atoms with Gasteiger partial charge in [0.2, 0.25) is 0 Å². The molecule has 1 heterocycles. The second kappa shape index (κ2) is 5.25. The average Bonchev–Trinajstić information content (AvgIpc) is 2.75. The van der Waals surface area contributed by atoms with Crippen LogP contribution in [-0.4, -0.2) is 26.2 Å². The van der Waals surface area contributed by atoms with Crippen molar-refractivity contribution in [3.05, 3.63) is 35.1 Å². The van der Waals surface area contributed by atoms with Crippen LogP contribution < -0.4 is 5.32 Å². The number of rotatable bonds is 4. The molecule has 90 valence electrons. The van der Waals surface area contributed by atoms with Gasteiger partial charge in [0.1, 0.15) is 0 Å². The molecule has 2 aromatic rings. The van der Waals surface area contributed by atoms with Crippen molar-refractivity contribution >= 4 is 11.6 Å². The Balaban J connectivity index is 2.28. The maximum Gasteiger partial charge on any atom is 0.170 e. The molecule has 1 aromatic carbocycles. The Kier molecular flexibility index (Phi) is 3.71. The highest BCUT2D eigenvalue weighted by molar-refractivity contribution is 6.32. The molecule has 6 heteroatoms. The van der Waals surface area contributed by atoms with Gasteiger partial charge in [0.25, 0.3) is 0 Å². The molecule has 0 aliphatic carbocycles. The van der Waals surface area contributed by atoms with Crippen LogP contribution in [0.1, 0.15) is 19.7 Å². The number of nitrogens with one attached hydrogen (secondary N) is 1. The van der Waals surface area contributed by atoms with Crippen LogP contribution in [0.3, 0.4) is 0 Å². The number of aromatic nitrogens is 4. The third kappa shape index (κ3) is 2.81. The molecular formula is C11H14ClN5. The minimum absolute atomic E-state index is 0.381. The summed E-state index contributed by atoms with van der Waals surface area (Å²) < 4.78 is 1.65. The van der Waals surface area contributed by atoms with Crippen molar-refractivity contribution in [3.8, 4) is 5.69 Å². The highest BCUT2D eigenvalue weighted by atomic mass is 35.5. The van der Waals surface area contributed by atoms with Crippen molar-refractivity contribution in [2.24, 2.45) is 0 Å². The molecule has 0 saturated carbocycles. The van der Waals surface area contributed by atoms with Crippen LogP contribution in [-0.2, 0) is 6.54 Å². The highest BCUT2D eigenvalue weighted by Crippen LogP contribution is 2.19. The van der Waals surface area contributed by atoms with Gasteiger partial charge in [-0.15, -0.1) is 5.10 Å². The third-order valence-electron chi connectivity index (χ3n) is 2.28. The fourth-order valence-corrected chi connectivity index (χ4v) is 1.64. The maximum atomic E-state index is 6.11. The Labute approximate surface area is 105 Å². The summed E-state index contributed by atoms with van der Waals surface area (Å²) in [6.45, 7) is 4.75. The van der Waals surface area contributed by atoms with E-state index in [1.807, 2.05) is 24.3 Å². The standard InChI is InChI=1S/C11H14ClN5/c1-8(2)13-7-11-14-15-16-17(11)10-6-4-3-5-9(10)12/h3-6,8,13H,7H2,1-2H3. The molecule has 0 amide bonds. The number of hydrogen-bond donors (Lipinski definition) is 1. The van der Waals surface area contributed by atoms with Crippen LogP contribution >= 0.6 is 11.6 Å². The van der Waals surface area contributed by atoms with Gasteiger partial charge in [-0.2, -0.15) is 4.68 Å². The van der Waals surface area contributed by atoms with Gasteiger partial charge < -0.3 is 5.32 Å². The zero-order valence-electron chi connectivity index (χ0n) is 9.76. The largest absolute Gasteiger partial charge is 0.308 e. The molecule has 0 atom stereocenters. The van der Waals surface area contributed by atoms with Gasteiger partial charge in [-0.05, 0) is 22.6 Å². The zero-order valence-corrected chi connectivity index (χ0v) is 10.5. The Bertz CT molecular complexity index is 494. The monoisotopic (exact) mass is 251 g/mol. The van der Waals surface area contributed by atoms with E-state index in [2.05, 4.69) is 34.7 Å². The first kappa shape index (κ1) is 12.0. The highest BCUT2D eigenvalue weighted by Gasteiger charge is 2.10. The SMILES string of the molecule is CC(C)NCc1nnnn1-c1ccccc1Cl. The van der Waals surface area contributed by atoms with Gasteiger partial charge in [0.05, 0.1) is 17.3 Å². The number of tetrazole rings is 1. The molecule has 0 bridgehead atoms. The zero-order chi connectivity index (χ0) is 12.3. The summed E-state index contributed by atoms with van der Waals surface area (Å²) in [7, 11) is 0. The van der Waals surface area contributed by atoms with Crippen molar-refractivity contribution in [1.29, 1.82) is 0 Å². The molecule has 0 fully saturated rings. The summed E-state index contributed by atoms with van der Waals surface area (Å²) in [6, 6.07) is 7.87. The van der Waals surface area contributed by atoms with E-state index in [1.165, 1.54) is 0 Å². The third-order valence-corrected chi connectivity index (χ3v) is 2.60. The van der Waals surface area contributed by atoms with Crippen molar-refractivity contribution in [3.63, 3.8) is 0 Å². The number of hydrogen-bond acceptors (Lipinski definition) is 4. The smallest absolute Gasteiger partial charge is 0.170 e. The molecule has 5 nitrogen and oxygen atoms in total. The van der Waals surface area contributed by atoms with E-state index in [4.69, 9.17) is 11.6 Å². The number of benzene rings is 1. The van der Waals surface area contributed by atoms with Crippen molar-refractivity contribution in [2.45, 2.75) is 26.4 Å². The van der Waals surface area contributed by atoms with Gasteiger partial charge in [-0.1, -0.05) is 37.6 Å². The van der Waals surface area contributed by atoms with Crippen LogP contribution in [0.4, 0.5) is 0 Å². The summed E-state index contributed by atoms with van der Waals surface area (Å²) in [5.41, 5.74) is 0.791. The van der Waals surface area contributed by atoms with Gasteiger partial charge in [0.15, 0.2) is 5.82 Å². The Morgan fingerprint density at radius 2 is 2.12 bits per heavy atom. The quantitative estimate of drug-likeness (QED) is 0.901. The van der Waals surface area contributed by atoms with E-state index in [-0.39, 0.29) is 0 Å². The van der Waals surface area contributed by atoms with Gasteiger partial charge in [0, 0.05) is 6.04 Å². The summed E-state index contributed by atoms with van der Waals surface area (Å²) in [6.07, 6.45) is 0. The van der Waals surface area contributed by atoms with E-state index < -0.39 is 0 Å². The van der Waals surface area contributed by atoms with Crippen LogP contribution in [0.2, 0.25) is 5.02 Å². The van der Waals surface area contributed by atoms with E-state index in [9.17, 15) is 0 Å². The van der Waals surface area contributed by atoms with Crippen LogP contribution in [0.15, 0.2) is 24.3 Å². The second-order valence-corrected chi connectivity index (χ2v) is 4.40. The van der Waals surface area contributed by atoms with Crippen molar-refractivity contribution < 1.29 is 0 Å². The van der Waals surface area contributed by atoms with Crippen LogP contribution in [0, 0.1) is 0 Å². The molecular weight excluding hydrogens is 238 g/mol. The molecule has 0 unspecified atom stereocenters. The molecule has 1 N–H and O–H groups in total. The lowest BCUT2D eigenvalue weighted by molar-refractivity contribution is 0.563. The van der Waals surface area contributed by atoms with E-state index in [0.717, 1.165) is 11.5 Å². The first-order valence-corrected chi connectivity index (χ1v) is 5.82. The van der Waals surface area contributed by atoms with Gasteiger partial charge >= 0.3 is 0 Å². The maximum absolute atomic E-state index is 6.11. The van der Waals surface area contributed by atoms with Crippen molar-refractivity contribution in [1.82, 2.24) is 25.5 Å². The summed E-state index contributed by atoms with van der Waals surface area (Å²) >= 11 is 6.11. The topological polar surface area (TPSA) is 55.6 Å². The van der Waals surface area contributed by atoms with E-state index in [0.29, 0.717) is 17.6 Å². The Morgan fingerprint density at radius 1 is 1.35 bits per heavy atom. The Hall–Kier alpha value is -1.46. The lowest BCUT2D eigenvalue weighted by Gasteiger charge is -2.09. The van der Waals surface area contributed by atoms with E-state index in [1.54, 1.807) is 4.68 Å². The fraction of sp³-hybridized carbons (Fsp3) is 0.364. The minimum atomic E-state index is 0.381. The molecule has 0 spiro atoms. The van der Waals surface area contributed by atoms with E-state index >= 15 is 0 Å². The Morgan fingerprint density at radius 3 is 2.82 bits per heavy atom. The lowest BCUT2D eigenvalue weighted by atomic mass is 10.3. The first-order chi connectivity index (χ1) is 8.18. The number of nitrogens with zero attached hydrogens (tertiary/aromatic N) is 4. The summed E-state index contributed by atoms with van der Waals surface area (Å²) in [5, 5.41) is 15.5. The molecule has 17 heavy (non-hydrogen) atoms. The predicted molar refractivity (Wildman–Crippen MR) is 66.1 cm³/mol. The molecule has 0 aliphatic rings. The first-order valence-electron chi connectivity index (χ1n) is 5.44. The minimum Gasteiger partial charge on any atom is -0.308 e. The second-order valence-electron chi connectivity index (χ2n) is 3.99. The summed E-state index contributed by atoms with van der Waals surface area (Å²) in [5.74, 6) is 0.742. The number of halogens is 1. The molecule has 1 aromatic heterocycles. The summed E-state index contributed by atoms with van der Waals surface area (Å²) in [4.78, 5) is 0. The molecule has 0 radical (unpaired) electrons. The fourth-order valence-electron chi connectivity index (χ4n) is 1.42. The van der Waals surface area contributed by atoms with Gasteiger partial charge in [-0.25, -0.2) is 0 Å². The molecule has 2 rings (SSSR count). The van der Waals surface area contributed by atoms with Crippen molar-refractivity contribution in [2.75, 3.05) is 0 Å².